The maximum absolute atomic E-state index is 4.87. The molecule has 0 aliphatic rings. The van der Waals surface area contributed by atoms with Crippen molar-refractivity contribution in [2.75, 3.05) is 20.3 Å². The average molecular weight is 189 g/mol. The lowest BCUT2D eigenvalue weighted by Crippen LogP contribution is -1.91. The highest BCUT2D eigenvalue weighted by Crippen LogP contribution is 1.99. The van der Waals surface area contributed by atoms with Gasteiger partial charge < -0.3 is 4.74 Å². The van der Waals surface area contributed by atoms with Crippen LogP contribution in [-0.4, -0.2) is 26.5 Å². The summed E-state index contributed by atoms with van der Waals surface area (Å²) in [4.78, 5) is 4.14. The summed E-state index contributed by atoms with van der Waals surface area (Å²) in [7, 11) is 1.68. The van der Waals surface area contributed by atoms with E-state index in [1.807, 2.05) is 30.4 Å². The Labute approximate surface area is 84.9 Å². The number of ether oxygens (including phenoxy) is 1. The Kier molecular flexibility index (Phi) is 5.36. The Bertz CT molecular complexity index is 290. The first-order chi connectivity index (χ1) is 6.93. The zero-order valence-corrected chi connectivity index (χ0v) is 8.39. The van der Waals surface area contributed by atoms with E-state index in [0.29, 0.717) is 6.61 Å². The van der Waals surface area contributed by atoms with Crippen LogP contribution in [0.2, 0.25) is 0 Å². The van der Waals surface area contributed by atoms with Gasteiger partial charge in [0.15, 0.2) is 0 Å². The highest BCUT2D eigenvalue weighted by Gasteiger charge is 1.80. The van der Waals surface area contributed by atoms with E-state index in [2.05, 4.69) is 17.1 Å². The van der Waals surface area contributed by atoms with Crippen LogP contribution in [0.1, 0.15) is 5.56 Å². The van der Waals surface area contributed by atoms with Crippen molar-refractivity contribution in [2.45, 2.75) is 0 Å². The third-order valence-corrected chi connectivity index (χ3v) is 1.70. The third-order valence-electron chi connectivity index (χ3n) is 1.70. The van der Waals surface area contributed by atoms with Gasteiger partial charge in [0, 0.05) is 13.3 Å². The van der Waals surface area contributed by atoms with Crippen LogP contribution >= 0.6 is 0 Å². The summed E-state index contributed by atoms with van der Waals surface area (Å²) in [6, 6.07) is 10.1. The number of hydrogen-bond donors (Lipinski definition) is 0. The zero-order chi connectivity index (χ0) is 10.1. The molecule has 0 saturated heterocycles. The van der Waals surface area contributed by atoms with E-state index >= 15 is 0 Å². The van der Waals surface area contributed by atoms with Crippen LogP contribution in [0.25, 0.3) is 6.08 Å². The van der Waals surface area contributed by atoms with Gasteiger partial charge in [-0.05, 0) is 11.6 Å². The Morgan fingerprint density at radius 2 is 2.07 bits per heavy atom. The second-order valence-electron chi connectivity index (χ2n) is 2.82. The van der Waals surface area contributed by atoms with Gasteiger partial charge >= 0.3 is 0 Å². The zero-order valence-electron chi connectivity index (χ0n) is 8.39. The lowest BCUT2D eigenvalue weighted by molar-refractivity contribution is 0.208. The number of nitrogens with zero attached hydrogens (tertiary/aromatic N) is 1. The molecule has 0 amide bonds. The molecule has 14 heavy (non-hydrogen) atoms. The van der Waals surface area contributed by atoms with Crippen molar-refractivity contribution in [3.8, 4) is 0 Å². The van der Waals surface area contributed by atoms with Gasteiger partial charge in [0.2, 0.25) is 0 Å². The number of benzene rings is 1. The highest BCUT2D eigenvalue weighted by molar-refractivity contribution is 5.78. The van der Waals surface area contributed by atoms with E-state index in [1.54, 1.807) is 13.3 Å². The van der Waals surface area contributed by atoms with Crippen molar-refractivity contribution >= 4 is 12.3 Å². The Balaban J connectivity index is 2.31. The van der Waals surface area contributed by atoms with Gasteiger partial charge in [-0.2, -0.15) is 0 Å². The van der Waals surface area contributed by atoms with Gasteiger partial charge in [-0.25, -0.2) is 0 Å². The molecular formula is C12H15NO. The predicted octanol–water partition coefficient (Wildman–Crippen LogP) is 2.42. The Hall–Kier alpha value is -1.41. The van der Waals surface area contributed by atoms with Crippen molar-refractivity contribution in [2.24, 2.45) is 4.99 Å². The fraction of sp³-hybridized carbons (Fsp3) is 0.250. The Morgan fingerprint density at radius 3 is 2.79 bits per heavy atom. The molecule has 0 unspecified atom stereocenters. The number of hydrogen-bond acceptors (Lipinski definition) is 2. The average Bonchev–Trinajstić information content (AvgIpc) is 2.25. The SMILES string of the molecule is COCCN=CC=Cc1ccccc1. The van der Waals surface area contributed by atoms with E-state index in [-0.39, 0.29) is 0 Å². The van der Waals surface area contributed by atoms with Crippen molar-refractivity contribution in [1.29, 1.82) is 0 Å². The molecule has 2 heteroatoms. The molecule has 0 N–H and O–H groups in total. The van der Waals surface area contributed by atoms with Gasteiger partial charge in [-0.15, -0.1) is 0 Å². The van der Waals surface area contributed by atoms with Crippen LogP contribution < -0.4 is 0 Å². The van der Waals surface area contributed by atoms with Crippen LogP contribution in [0.3, 0.4) is 0 Å². The van der Waals surface area contributed by atoms with E-state index in [9.17, 15) is 0 Å². The van der Waals surface area contributed by atoms with Crippen LogP contribution in [0.15, 0.2) is 41.4 Å². The van der Waals surface area contributed by atoms with E-state index < -0.39 is 0 Å². The second kappa shape index (κ2) is 7.04. The minimum atomic E-state index is 0.676. The van der Waals surface area contributed by atoms with E-state index in [4.69, 9.17) is 4.74 Å². The lowest BCUT2D eigenvalue weighted by Gasteiger charge is -1.90. The summed E-state index contributed by atoms with van der Waals surface area (Å²) < 4.78 is 4.87. The minimum absolute atomic E-state index is 0.676. The topological polar surface area (TPSA) is 21.6 Å². The quantitative estimate of drug-likeness (QED) is 0.515. The first-order valence-corrected chi connectivity index (χ1v) is 4.64. The van der Waals surface area contributed by atoms with Gasteiger partial charge in [-0.1, -0.05) is 36.4 Å². The van der Waals surface area contributed by atoms with Gasteiger partial charge in [0.1, 0.15) is 0 Å². The molecule has 0 radical (unpaired) electrons. The van der Waals surface area contributed by atoms with Crippen LogP contribution in [0.4, 0.5) is 0 Å². The molecule has 2 nitrogen and oxygen atoms in total. The second-order valence-corrected chi connectivity index (χ2v) is 2.82. The number of aliphatic imine (C=N–C) groups is 1. The van der Waals surface area contributed by atoms with Crippen LogP contribution in [0.5, 0.6) is 0 Å². The van der Waals surface area contributed by atoms with Crippen molar-refractivity contribution in [3.05, 3.63) is 42.0 Å². The van der Waals surface area contributed by atoms with Gasteiger partial charge in [-0.3, -0.25) is 4.99 Å². The van der Waals surface area contributed by atoms with E-state index in [0.717, 1.165) is 6.54 Å². The Morgan fingerprint density at radius 1 is 1.29 bits per heavy atom. The summed E-state index contributed by atoms with van der Waals surface area (Å²) in [5.74, 6) is 0. The first-order valence-electron chi connectivity index (χ1n) is 4.64. The van der Waals surface area contributed by atoms with Crippen LogP contribution in [-0.2, 0) is 4.74 Å². The van der Waals surface area contributed by atoms with Gasteiger partial charge in [0.25, 0.3) is 0 Å². The summed E-state index contributed by atoms with van der Waals surface area (Å²) in [5, 5.41) is 0. The largest absolute Gasteiger partial charge is 0.383 e. The fourth-order valence-electron chi connectivity index (χ4n) is 0.998. The smallest absolute Gasteiger partial charge is 0.0658 e. The van der Waals surface area contributed by atoms with E-state index in [1.165, 1.54) is 5.56 Å². The standard InChI is InChI=1S/C12H15NO/c1-14-11-10-13-9-5-8-12-6-3-2-4-7-12/h2-9H,10-11H2,1H3. The molecule has 74 valence electrons. The molecule has 0 fully saturated rings. The molecule has 0 saturated carbocycles. The summed E-state index contributed by atoms with van der Waals surface area (Å²) in [6.07, 6.45) is 5.76. The first kappa shape index (κ1) is 10.7. The molecule has 0 atom stereocenters. The predicted molar refractivity (Wildman–Crippen MR) is 60.7 cm³/mol. The molecule has 1 aromatic rings. The van der Waals surface area contributed by atoms with Gasteiger partial charge in [0.05, 0.1) is 13.2 Å². The highest BCUT2D eigenvalue weighted by atomic mass is 16.5. The number of allylic oxidation sites excluding steroid dienone is 1. The molecule has 0 aromatic heterocycles. The molecule has 0 spiro atoms. The molecule has 0 bridgehead atoms. The molecular weight excluding hydrogens is 174 g/mol. The molecule has 1 aromatic carbocycles. The summed E-state index contributed by atoms with van der Waals surface area (Å²) in [6.45, 7) is 1.39. The molecule has 0 heterocycles. The third kappa shape index (κ3) is 4.58. The normalized spacial score (nSPS) is 11.5. The lowest BCUT2D eigenvalue weighted by atomic mass is 10.2. The van der Waals surface area contributed by atoms with Crippen LogP contribution in [0, 0.1) is 0 Å². The maximum Gasteiger partial charge on any atom is 0.0658 e. The molecule has 1 rings (SSSR count). The van der Waals surface area contributed by atoms with Crippen molar-refractivity contribution in [3.63, 3.8) is 0 Å². The minimum Gasteiger partial charge on any atom is -0.383 e. The summed E-state index contributed by atoms with van der Waals surface area (Å²) >= 11 is 0. The number of rotatable bonds is 5. The van der Waals surface area contributed by atoms with Crippen molar-refractivity contribution in [1.82, 2.24) is 0 Å². The molecule has 0 aliphatic carbocycles. The fourth-order valence-corrected chi connectivity index (χ4v) is 0.998. The molecule has 0 aliphatic heterocycles. The van der Waals surface area contributed by atoms with Crippen molar-refractivity contribution < 1.29 is 4.74 Å². The maximum atomic E-state index is 4.87. The number of methoxy groups -OCH3 is 1. The monoisotopic (exact) mass is 189 g/mol. The summed E-state index contributed by atoms with van der Waals surface area (Å²) in [5.41, 5.74) is 1.19.